The minimum Gasteiger partial charge on any atom is -0.493 e. The summed E-state index contributed by atoms with van der Waals surface area (Å²) in [5.74, 6) is 1.18. The molecule has 0 saturated carbocycles. The predicted molar refractivity (Wildman–Crippen MR) is 90.1 cm³/mol. The first-order valence-electron chi connectivity index (χ1n) is 6.97. The summed E-state index contributed by atoms with van der Waals surface area (Å²) in [5, 5.41) is 0. The van der Waals surface area contributed by atoms with Crippen molar-refractivity contribution in [2.45, 2.75) is 12.6 Å². The number of ether oxygens (including phenoxy) is 2. The van der Waals surface area contributed by atoms with E-state index in [0.717, 1.165) is 11.8 Å². The van der Waals surface area contributed by atoms with Crippen molar-refractivity contribution in [2.24, 2.45) is 0 Å². The number of alkyl halides is 1. The van der Waals surface area contributed by atoms with Gasteiger partial charge in [-0.15, -0.1) is 11.6 Å². The fourth-order valence-electron chi connectivity index (χ4n) is 2.24. The van der Waals surface area contributed by atoms with E-state index in [0.29, 0.717) is 23.7 Å². The lowest BCUT2D eigenvalue weighted by Crippen LogP contribution is -2.36. The lowest BCUT2D eigenvalue weighted by Gasteiger charge is -2.25. The molecular formula is C16H19ClNO4S. The second-order valence-corrected chi connectivity index (χ2v) is 7.13. The molecule has 1 aromatic rings. The first kappa shape index (κ1) is 17.8. The molecule has 0 saturated heterocycles. The van der Waals surface area contributed by atoms with Gasteiger partial charge >= 0.3 is 0 Å². The van der Waals surface area contributed by atoms with Crippen molar-refractivity contribution in [2.75, 3.05) is 19.2 Å². The third-order valence-corrected chi connectivity index (χ3v) is 4.15. The third kappa shape index (κ3) is 5.27. The highest BCUT2D eigenvalue weighted by atomic mass is 35.5. The molecule has 1 aliphatic carbocycles. The average Bonchev–Trinajstić information content (AvgIpc) is 2.51. The molecule has 1 aliphatic rings. The number of halogens is 1. The molecule has 0 spiro atoms. The van der Waals surface area contributed by atoms with Gasteiger partial charge in [0, 0.05) is 5.57 Å². The van der Waals surface area contributed by atoms with E-state index in [1.165, 1.54) is 7.11 Å². The average molecular weight is 357 g/mol. The summed E-state index contributed by atoms with van der Waals surface area (Å²) in [5.41, 5.74) is 1.68. The first-order valence-corrected chi connectivity index (χ1v) is 9.39. The van der Waals surface area contributed by atoms with E-state index in [1.807, 2.05) is 30.3 Å². The summed E-state index contributed by atoms with van der Waals surface area (Å²) in [6, 6.07) is 9.14. The zero-order valence-corrected chi connectivity index (χ0v) is 14.5. The summed E-state index contributed by atoms with van der Waals surface area (Å²) >= 11 is 5.94. The Bertz CT molecular complexity index is 698. The van der Waals surface area contributed by atoms with Crippen molar-refractivity contribution in [1.29, 1.82) is 0 Å². The maximum atomic E-state index is 11.5. The Labute approximate surface area is 142 Å². The van der Waals surface area contributed by atoms with Crippen LogP contribution in [0.1, 0.15) is 5.56 Å². The van der Waals surface area contributed by atoms with Gasteiger partial charge in [0.25, 0.3) is 0 Å². The number of allylic oxidation sites excluding steroid dienone is 1. The molecule has 0 aliphatic heterocycles. The van der Waals surface area contributed by atoms with E-state index in [1.54, 1.807) is 12.5 Å². The van der Waals surface area contributed by atoms with Crippen LogP contribution in [0, 0.1) is 6.42 Å². The SMILES string of the molecule is COC1=C(OCc2ccccc2)[CH]C(NS(C)(=O)=O)C=C1CCl. The van der Waals surface area contributed by atoms with Gasteiger partial charge < -0.3 is 9.47 Å². The van der Waals surface area contributed by atoms with Crippen LogP contribution in [-0.4, -0.2) is 33.7 Å². The number of rotatable bonds is 7. The lowest BCUT2D eigenvalue weighted by atomic mass is 10.0. The Balaban J connectivity index is 2.18. The molecule has 0 aromatic heterocycles. The second-order valence-electron chi connectivity index (χ2n) is 5.08. The molecule has 1 unspecified atom stereocenters. The molecule has 0 fully saturated rings. The van der Waals surface area contributed by atoms with Crippen molar-refractivity contribution < 1.29 is 17.9 Å². The van der Waals surface area contributed by atoms with Crippen LogP contribution in [0.3, 0.4) is 0 Å². The van der Waals surface area contributed by atoms with Crippen molar-refractivity contribution in [1.82, 2.24) is 4.72 Å². The normalized spacial score (nSPS) is 18.6. The maximum absolute atomic E-state index is 11.5. The molecule has 1 N–H and O–H groups in total. The Hall–Kier alpha value is -1.50. The van der Waals surface area contributed by atoms with E-state index >= 15 is 0 Å². The molecule has 0 heterocycles. The van der Waals surface area contributed by atoms with Crippen LogP contribution >= 0.6 is 11.6 Å². The largest absolute Gasteiger partial charge is 0.493 e. The molecule has 1 atom stereocenters. The quantitative estimate of drug-likeness (QED) is 0.762. The highest BCUT2D eigenvalue weighted by Gasteiger charge is 2.26. The molecular weight excluding hydrogens is 338 g/mol. The van der Waals surface area contributed by atoms with Crippen LogP contribution in [0.25, 0.3) is 0 Å². The zero-order valence-electron chi connectivity index (χ0n) is 13.0. The van der Waals surface area contributed by atoms with Crippen molar-refractivity contribution in [3.05, 3.63) is 65.5 Å². The van der Waals surface area contributed by atoms with Crippen LogP contribution in [0.2, 0.25) is 0 Å². The molecule has 5 nitrogen and oxygen atoms in total. The highest BCUT2D eigenvalue weighted by molar-refractivity contribution is 7.88. The van der Waals surface area contributed by atoms with Gasteiger partial charge in [-0.3, -0.25) is 0 Å². The van der Waals surface area contributed by atoms with Crippen LogP contribution < -0.4 is 4.72 Å². The first-order chi connectivity index (χ1) is 10.9. The van der Waals surface area contributed by atoms with Gasteiger partial charge in [0.15, 0.2) is 5.76 Å². The molecule has 0 amide bonds. The standard InChI is InChI=1S/C16H19ClNO4S/c1-21-16-13(10-17)8-14(18-23(2,19)20)9-15(16)22-11-12-6-4-3-5-7-12/h3-9,14,18H,10-11H2,1-2H3. The summed E-state index contributed by atoms with van der Waals surface area (Å²) in [4.78, 5) is 0. The van der Waals surface area contributed by atoms with E-state index < -0.39 is 16.1 Å². The number of methoxy groups -OCH3 is 1. The molecule has 1 radical (unpaired) electrons. The molecule has 2 rings (SSSR count). The fraction of sp³-hybridized carbons (Fsp3) is 0.312. The number of benzene rings is 1. The molecule has 125 valence electrons. The number of hydrogen-bond acceptors (Lipinski definition) is 4. The van der Waals surface area contributed by atoms with Gasteiger partial charge in [-0.05, 0) is 5.56 Å². The predicted octanol–water partition coefficient (Wildman–Crippen LogP) is 2.36. The maximum Gasteiger partial charge on any atom is 0.209 e. The minimum atomic E-state index is -3.36. The van der Waals surface area contributed by atoms with Crippen LogP contribution in [0.5, 0.6) is 0 Å². The van der Waals surface area contributed by atoms with E-state index in [-0.39, 0.29) is 5.88 Å². The number of hydrogen-bond donors (Lipinski definition) is 1. The zero-order chi connectivity index (χ0) is 16.9. The fourth-order valence-corrected chi connectivity index (χ4v) is 3.08. The van der Waals surface area contributed by atoms with E-state index in [9.17, 15) is 8.42 Å². The third-order valence-electron chi connectivity index (χ3n) is 3.16. The van der Waals surface area contributed by atoms with Crippen LogP contribution in [0.4, 0.5) is 0 Å². The minimum absolute atomic E-state index is 0.192. The van der Waals surface area contributed by atoms with E-state index in [4.69, 9.17) is 21.1 Å². The Morgan fingerprint density at radius 3 is 2.52 bits per heavy atom. The van der Waals surface area contributed by atoms with Gasteiger partial charge in [0.05, 0.1) is 31.7 Å². The Kier molecular flexibility index (Phi) is 6.10. The van der Waals surface area contributed by atoms with Crippen molar-refractivity contribution in [3.8, 4) is 0 Å². The van der Waals surface area contributed by atoms with Crippen LogP contribution in [-0.2, 0) is 26.1 Å². The highest BCUT2D eigenvalue weighted by Crippen LogP contribution is 2.28. The summed E-state index contributed by atoms with van der Waals surface area (Å²) < 4.78 is 36.6. The number of sulfonamides is 1. The van der Waals surface area contributed by atoms with Gasteiger partial charge in [-0.1, -0.05) is 36.4 Å². The second kappa shape index (κ2) is 7.86. The monoisotopic (exact) mass is 356 g/mol. The molecule has 7 heteroatoms. The Morgan fingerprint density at radius 1 is 1.26 bits per heavy atom. The van der Waals surface area contributed by atoms with Crippen LogP contribution in [0.15, 0.2) is 53.5 Å². The van der Waals surface area contributed by atoms with Gasteiger partial charge in [0.1, 0.15) is 12.4 Å². The molecule has 1 aromatic carbocycles. The van der Waals surface area contributed by atoms with Gasteiger partial charge in [-0.25, -0.2) is 13.1 Å². The van der Waals surface area contributed by atoms with Crippen molar-refractivity contribution >= 4 is 21.6 Å². The smallest absolute Gasteiger partial charge is 0.209 e. The molecule has 23 heavy (non-hydrogen) atoms. The summed E-state index contributed by atoms with van der Waals surface area (Å²) in [6.45, 7) is 0.348. The van der Waals surface area contributed by atoms with Gasteiger partial charge in [-0.2, -0.15) is 0 Å². The molecule has 0 bridgehead atoms. The lowest BCUT2D eigenvalue weighted by molar-refractivity contribution is 0.171. The number of nitrogens with one attached hydrogen (secondary N) is 1. The van der Waals surface area contributed by atoms with E-state index in [2.05, 4.69) is 4.72 Å². The van der Waals surface area contributed by atoms with Gasteiger partial charge in [0.2, 0.25) is 10.0 Å². The topological polar surface area (TPSA) is 64.6 Å². The summed E-state index contributed by atoms with van der Waals surface area (Å²) in [7, 11) is -1.83. The Morgan fingerprint density at radius 2 is 1.96 bits per heavy atom. The van der Waals surface area contributed by atoms with Crippen molar-refractivity contribution in [3.63, 3.8) is 0 Å². The summed E-state index contributed by atoms with van der Waals surface area (Å²) in [6.07, 6.45) is 4.48.